The van der Waals surface area contributed by atoms with Gasteiger partial charge in [0.05, 0.1) is 11.2 Å². The standard InChI is InChI=1S/C11H13N3OS/c1-7-3-4-9-8(5-7)11(13-16-9)14(2)6-10(12)15/h3-5H,6H2,1-2H3,(H2,12,15). The minimum atomic E-state index is -0.351. The van der Waals surface area contributed by atoms with Gasteiger partial charge < -0.3 is 10.6 Å². The molecule has 2 N–H and O–H groups in total. The number of fused-ring (bicyclic) bond motifs is 1. The summed E-state index contributed by atoms with van der Waals surface area (Å²) in [6.45, 7) is 2.22. The van der Waals surface area contributed by atoms with E-state index >= 15 is 0 Å². The minimum Gasteiger partial charge on any atom is -0.368 e. The molecule has 2 aromatic rings. The van der Waals surface area contributed by atoms with Crippen LogP contribution in [0, 0.1) is 6.92 Å². The van der Waals surface area contributed by atoms with Gasteiger partial charge in [0, 0.05) is 12.4 Å². The number of primary amides is 1. The van der Waals surface area contributed by atoms with Crippen LogP contribution < -0.4 is 10.6 Å². The lowest BCUT2D eigenvalue weighted by Crippen LogP contribution is -2.30. The Hall–Kier alpha value is -1.62. The molecule has 0 saturated carbocycles. The van der Waals surface area contributed by atoms with Crippen molar-refractivity contribution in [1.29, 1.82) is 0 Å². The predicted molar refractivity (Wildman–Crippen MR) is 66.8 cm³/mol. The van der Waals surface area contributed by atoms with Crippen LogP contribution in [0.5, 0.6) is 0 Å². The Balaban J connectivity index is 2.44. The summed E-state index contributed by atoms with van der Waals surface area (Å²) in [5, 5.41) is 1.08. The number of hydrogen-bond donors (Lipinski definition) is 1. The maximum absolute atomic E-state index is 10.9. The molecule has 0 radical (unpaired) electrons. The van der Waals surface area contributed by atoms with Gasteiger partial charge in [-0.2, -0.15) is 4.37 Å². The fourth-order valence-corrected chi connectivity index (χ4v) is 2.42. The molecule has 0 saturated heterocycles. The van der Waals surface area contributed by atoms with E-state index in [1.54, 1.807) is 4.90 Å². The molecule has 0 aliphatic heterocycles. The van der Waals surface area contributed by atoms with E-state index in [1.807, 2.05) is 20.0 Å². The molecule has 5 heteroatoms. The highest BCUT2D eigenvalue weighted by Crippen LogP contribution is 2.29. The van der Waals surface area contributed by atoms with E-state index in [0.29, 0.717) is 0 Å². The Morgan fingerprint density at radius 3 is 3.00 bits per heavy atom. The molecule has 1 heterocycles. The minimum absolute atomic E-state index is 0.187. The molecule has 0 aliphatic rings. The average molecular weight is 235 g/mol. The van der Waals surface area contributed by atoms with Gasteiger partial charge in [-0.1, -0.05) is 11.6 Å². The Morgan fingerprint density at radius 1 is 1.56 bits per heavy atom. The first-order chi connectivity index (χ1) is 7.58. The Labute approximate surface area is 97.8 Å². The largest absolute Gasteiger partial charge is 0.368 e. The number of benzene rings is 1. The third-order valence-electron chi connectivity index (χ3n) is 2.36. The van der Waals surface area contributed by atoms with Crippen molar-refractivity contribution in [3.63, 3.8) is 0 Å². The number of likely N-dealkylation sites (N-methyl/N-ethyl adjacent to an activating group) is 1. The monoisotopic (exact) mass is 235 g/mol. The number of nitrogens with zero attached hydrogens (tertiary/aromatic N) is 2. The fourth-order valence-electron chi connectivity index (χ4n) is 1.62. The summed E-state index contributed by atoms with van der Waals surface area (Å²) in [6, 6.07) is 6.17. The van der Waals surface area contributed by atoms with E-state index in [4.69, 9.17) is 5.73 Å². The number of carbonyl (C=O) groups excluding carboxylic acids is 1. The van der Waals surface area contributed by atoms with Crippen molar-refractivity contribution < 1.29 is 4.79 Å². The molecule has 0 aliphatic carbocycles. The number of nitrogens with two attached hydrogens (primary N) is 1. The van der Waals surface area contributed by atoms with Crippen LogP contribution in [0.2, 0.25) is 0 Å². The molecule has 16 heavy (non-hydrogen) atoms. The number of hydrogen-bond acceptors (Lipinski definition) is 4. The highest BCUT2D eigenvalue weighted by atomic mass is 32.1. The zero-order valence-electron chi connectivity index (χ0n) is 9.23. The van der Waals surface area contributed by atoms with Crippen molar-refractivity contribution in [2.24, 2.45) is 5.73 Å². The van der Waals surface area contributed by atoms with E-state index < -0.39 is 0 Å². The molecular formula is C11H13N3OS. The lowest BCUT2D eigenvalue weighted by molar-refractivity contribution is -0.116. The van der Waals surface area contributed by atoms with Crippen molar-refractivity contribution in [1.82, 2.24) is 4.37 Å². The van der Waals surface area contributed by atoms with Gasteiger partial charge >= 0.3 is 0 Å². The van der Waals surface area contributed by atoms with Gasteiger partial charge in [-0.05, 0) is 30.6 Å². The van der Waals surface area contributed by atoms with Crippen molar-refractivity contribution in [2.75, 3.05) is 18.5 Å². The molecule has 0 spiro atoms. The first-order valence-corrected chi connectivity index (χ1v) is 5.71. The van der Waals surface area contributed by atoms with Gasteiger partial charge in [0.1, 0.15) is 5.82 Å². The summed E-state index contributed by atoms with van der Waals surface area (Å²) in [7, 11) is 1.82. The smallest absolute Gasteiger partial charge is 0.236 e. The summed E-state index contributed by atoms with van der Waals surface area (Å²) in [4.78, 5) is 12.6. The van der Waals surface area contributed by atoms with Crippen LogP contribution in [0.15, 0.2) is 18.2 Å². The lowest BCUT2D eigenvalue weighted by atomic mass is 10.2. The van der Waals surface area contributed by atoms with E-state index in [1.165, 1.54) is 17.1 Å². The predicted octanol–water partition coefficient (Wildman–Crippen LogP) is 1.53. The number of aromatic nitrogens is 1. The Morgan fingerprint density at radius 2 is 2.31 bits per heavy atom. The maximum Gasteiger partial charge on any atom is 0.236 e. The summed E-state index contributed by atoms with van der Waals surface area (Å²) < 4.78 is 5.47. The number of carbonyl (C=O) groups is 1. The van der Waals surface area contributed by atoms with Crippen LogP contribution >= 0.6 is 11.5 Å². The quantitative estimate of drug-likeness (QED) is 0.877. The highest BCUT2D eigenvalue weighted by molar-refractivity contribution is 7.13. The fraction of sp³-hybridized carbons (Fsp3) is 0.273. The number of amides is 1. The molecule has 4 nitrogen and oxygen atoms in total. The van der Waals surface area contributed by atoms with Crippen LogP contribution in [0.1, 0.15) is 5.56 Å². The van der Waals surface area contributed by atoms with Crippen LogP contribution in [-0.4, -0.2) is 23.9 Å². The first-order valence-electron chi connectivity index (χ1n) is 4.93. The van der Waals surface area contributed by atoms with Crippen LogP contribution in [0.4, 0.5) is 5.82 Å². The van der Waals surface area contributed by atoms with E-state index in [-0.39, 0.29) is 12.5 Å². The van der Waals surface area contributed by atoms with E-state index in [2.05, 4.69) is 16.5 Å². The van der Waals surface area contributed by atoms with Gasteiger partial charge in [0.2, 0.25) is 5.91 Å². The second kappa shape index (κ2) is 4.09. The van der Waals surface area contributed by atoms with Crippen molar-refractivity contribution in [3.05, 3.63) is 23.8 Å². The zero-order valence-corrected chi connectivity index (χ0v) is 10.0. The molecule has 1 aromatic carbocycles. The summed E-state index contributed by atoms with van der Waals surface area (Å²) in [5.74, 6) is 0.471. The van der Waals surface area contributed by atoms with Crippen LogP contribution in [0.3, 0.4) is 0 Å². The SMILES string of the molecule is Cc1ccc2snc(N(C)CC(N)=O)c2c1. The van der Waals surface area contributed by atoms with Crippen LogP contribution in [-0.2, 0) is 4.79 Å². The Bertz CT molecular complexity index is 535. The van der Waals surface area contributed by atoms with Gasteiger partial charge in [-0.25, -0.2) is 0 Å². The summed E-state index contributed by atoms with van der Waals surface area (Å²) in [6.07, 6.45) is 0. The zero-order chi connectivity index (χ0) is 11.7. The number of rotatable bonds is 3. The van der Waals surface area contributed by atoms with Gasteiger partial charge in [0.15, 0.2) is 0 Å². The normalized spacial score (nSPS) is 10.6. The second-order valence-corrected chi connectivity index (χ2v) is 4.63. The van der Waals surface area contributed by atoms with Gasteiger partial charge in [-0.15, -0.1) is 0 Å². The molecule has 0 bridgehead atoms. The maximum atomic E-state index is 10.9. The number of aryl methyl sites for hydroxylation is 1. The summed E-state index contributed by atoms with van der Waals surface area (Å²) >= 11 is 1.43. The van der Waals surface area contributed by atoms with Gasteiger partial charge in [0.25, 0.3) is 0 Å². The second-order valence-electron chi connectivity index (χ2n) is 3.83. The van der Waals surface area contributed by atoms with E-state index in [9.17, 15) is 4.79 Å². The van der Waals surface area contributed by atoms with Crippen molar-refractivity contribution in [2.45, 2.75) is 6.92 Å². The lowest BCUT2D eigenvalue weighted by Gasteiger charge is -2.14. The van der Waals surface area contributed by atoms with Crippen LogP contribution in [0.25, 0.3) is 10.1 Å². The molecule has 0 unspecified atom stereocenters. The van der Waals surface area contributed by atoms with Gasteiger partial charge in [-0.3, -0.25) is 4.79 Å². The molecule has 84 valence electrons. The summed E-state index contributed by atoms with van der Waals surface area (Å²) in [5.41, 5.74) is 6.35. The average Bonchev–Trinajstić information content (AvgIpc) is 2.59. The highest BCUT2D eigenvalue weighted by Gasteiger charge is 2.12. The molecule has 1 aromatic heterocycles. The Kier molecular flexibility index (Phi) is 2.78. The van der Waals surface area contributed by atoms with Crippen molar-refractivity contribution >= 4 is 33.3 Å². The molecule has 0 atom stereocenters. The van der Waals surface area contributed by atoms with Crippen molar-refractivity contribution in [3.8, 4) is 0 Å². The topological polar surface area (TPSA) is 59.2 Å². The third kappa shape index (κ3) is 1.99. The molecule has 1 amide bonds. The molecule has 0 fully saturated rings. The number of anilines is 1. The van der Waals surface area contributed by atoms with E-state index in [0.717, 1.165) is 15.9 Å². The molecule has 2 rings (SSSR count). The molecular weight excluding hydrogens is 222 g/mol. The third-order valence-corrected chi connectivity index (χ3v) is 3.18. The first kappa shape index (κ1) is 10.9.